The molecule has 5 nitrogen and oxygen atoms in total. The van der Waals surface area contributed by atoms with Crippen molar-refractivity contribution in [3.8, 4) is 0 Å². The molecule has 0 radical (unpaired) electrons. The minimum absolute atomic E-state index is 0.320. The Hall–Kier alpha value is -1.02. The van der Waals surface area contributed by atoms with Crippen LogP contribution in [0.15, 0.2) is 0 Å². The molecule has 2 N–H and O–H groups in total. The topological polar surface area (TPSA) is 53.6 Å². The monoisotopic (exact) mass is 269 g/mol. The van der Waals surface area contributed by atoms with Crippen LogP contribution in [-0.2, 0) is 4.74 Å². The second kappa shape index (κ2) is 7.42. The van der Waals surface area contributed by atoms with Crippen LogP contribution in [0.3, 0.4) is 0 Å². The Balaban J connectivity index is 1.98. The van der Waals surface area contributed by atoms with Crippen molar-refractivity contribution in [3.63, 3.8) is 0 Å². The average Bonchev–Trinajstić information content (AvgIpc) is 2.33. The summed E-state index contributed by atoms with van der Waals surface area (Å²) >= 11 is 0. The average molecular weight is 269 g/mol. The molecule has 1 aliphatic rings. The van der Waals surface area contributed by atoms with Crippen molar-refractivity contribution in [1.82, 2.24) is 15.5 Å². The van der Waals surface area contributed by atoms with Gasteiger partial charge in [-0.15, -0.1) is 0 Å². The van der Waals surface area contributed by atoms with E-state index in [1.54, 1.807) is 0 Å². The van der Waals surface area contributed by atoms with Gasteiger partial charge < -0.3 is 20.3 Å². The lowest BCUT2D eigenvalue weighted by atomic mass is 10.3. The van der Waals surface area contributed by atoms with Crippen LogP contribution in [0.25, 0.3) is 0 Å². The van der Waals surface area contributed by atoms with E-state index in [1.807, 2.05) is 0 Å². The van der Waals surface area contributed by atoms with Crippen LogP contribution < -0.4 is 10.6 Å². The van der Waals surface area contributed by atoms with Crippen LogP contribution in [0, 0.1) is 0 Å². The van der Waals surface area contributed by atoms with Gasteiger partial charge in [-0.3, -0.25) is 0 Å². The Morgan fingerprint density at radius 3 is 2.61 bits per heavy atom. The van der Waals surface area contributed by atoms with Crippen LogP contribution in [0.4, 0.5) is 18.0 Å². The molecular formula is C10H18F3N3O2. The number of piperazine rings is 1. The summed E-state index contributed by atoms with van der Waals surface area (Å²) in [7, 11) is 0. The smallest absolute Gasteiger partial charge is 0.422 e. The minimum atomic E-state index is -4.47. The van der Waals surface area contributed by atoms with Crippen LogP contribution >= 0.6 is 0 Å². The number of carbonyl (C=O) groups excluding carboxylic acids is 1. The molecule has 0 saturated carbocycles. The van der Waals surface area contributed by atoms with Gasteiger partial charge in [-0.25, -0.2) is 4.79 Å². The molecule has 1 heterocycles. The van der Waals surface area contributed by atoms with Crippen LogP contribution in [0.2, 0.25) is 0 Å². The standard InChI is InChI=1S/C10H18F3N3O2/c11-10(12,13)8-18-9(17)15-2-1-5-16-6-3-14-4-7-16/h14H,1-8H2,(H,15,17). The fraction of sp³-hybridized carbons (Fsp3) is 0.900. The number of nitrogens with zero attached hydrogens (tertiary/aromatic N) is 1. The molecule has 0 aromatic heterocycles. The molecule has 8 heteroatoms. The molecule has 18 heavy (non-hydrogen) atoms. The van der Waals surface area contributed by atoms with E-state index in [4.69, 9.17) is 0 Å². The van der Waals surface area contributed by atoms with Crippen molar-refractivity contribution in [2.45, 2.75) is 12.6 Å². The van der Waals surface area contributed by atoms with Gasteiger partial charge in [-0.1, -0.05) is 0 Å². The first-order valence-corrected chi connectivity index (χ1v) is 5.88. The van der Waals surface area contributed by atoms with Gasteiger partial charge in [0.2, 0.25) is 0 Å². The second-order valence-corrected chi connectivity index (χ2v) is 4.06. The molecule has 0 aromatic rings. The SMILES string of the molecule is O=C(NCCCN1CCNCC1)OCC(F)(F)F. The molecule has 0 aromatic carbocycles. The van der Waals surface area contributed by atoms with Crippen LogP contribution in [-0.4, -0.2) is 63.0 Å². The van der Waals surface area contributed by atoms with Crippen molar-refractivity contribution in [2.24, 2.45) is 0 Å². The third kappa shape index (κ3) is 7.33. The quantitative estimate of drug-likeness (QED) is 0.717. The van der Waals surface area contributed by atoms with Gasteiger partial charge in [-0.2, -0.15) is 13.2 Å². The number of alkyl halides is 3. The van der Waals surface area contributed by atoms with Gasteiger partial charge in [0.1, 0.15) is 0 Å². The van der Waals surface area contributed by atoms with Gasteiger partial charge in [0.15, 0.2) is 6.61 Å². The number of hydrogen-bond acceptors (Lipinski definition) is 4. The Morgan fingerprint density at radius 2 is 2.00 bits per heavy atom. The van der Waals surface area contributed by atoms with Gasteiger partial charge in [0.25, 0.3) is 0 Å². The van der Waals surface area contributed by atoms with E-state index in [9.17, 15) is 18.0 Å². The summed E-state index contributed by atoms with van der Waals surface area (Å²) in [4.78, 5) is 13.1. The second-order valence-electron chi connectivity index (χ2n) is 4.06. The Morgan fingerprint density at radius 1 is 1.33 bits per heavy atom. The lowest BCUT2D eigenvalue weighted by Crippen LogP contribution is -2.44. The molecule has 0 aliphatic carbocycles. The lowest BCUT2D eigenvalue weighted by Gasteiger charge is -2.26. The van der Waals surface area contributed by atoms with E-state index in [-0.39, 0.29) is 0 Å². The maximum atomic E-state index is 11.7. The number of rotatable bonds is 5. The molecule has 1 saturated heterocycles. The predicted molar refractivity (Wildman–Crippen MR) is 59.3 cm³/mol. The highest BCUT2D eigenvalue weighted by atomic mass is 19.4. The van der Waals surface area contributed by atoms with Crippen molar-refractivity contribution in [1.29, 1.82) is 0 Å². The number of carbonyl (C=O) groups is 1. The molecule has 1 amide bonds. The van der Waals surface area contributed by atoms with E-state index in [0.717, 1.165) is 32.7 Å². The fourth-order valence-corrected chi connectivity index (χ4v) is 1.63. The number of ether oxygens (including phenoxy) is 1. The highest BCUT2D eigenvalue weighted by Gasteiger charge is 2.29. The van der Waals surface area contributed by atoms with Crippen molar-refractivity contribution in [2.75, 3.05) is 45.9 Å². The molecule has 0 bridgehead atoms. The van der Waals surface area contributed by atoms with Crippen molar-refractivity contribution in [3.05, 3.63) is 0 Å². The number of alkyl carbamates (subject to hydrolysis) is 1. The number of amides is 1. The summed E-state index contributed by atoms with van der Waals surface area (Å²) in [5, 5.41) is 5.51. The summed E-state index contributed by atoms with van der Waals surface area (Å²) in [6.07, 6.45) is -4.80. The maximum absolute atomic E-state index is 11.7. The van der Waals surface area contributed by atoms with E-state index in [0.29, 0.717) is 13.0 Å². The number of nitrogens with one attached hydrogen (secondary N) is 2. The lowest BCUT2D eigenvalue weighted by molar-refractivity contribution is -0.160. The molecule has 0 unspecified atom stereocenters. The molecular weight excluding hydrogens is 251 g/mol. The third-order valence-corrected chi connectivity index (χ3v) is 2.50. The van der Waals surface area contributed by atoms with Crippen molar-refractivity contribution >= 4 is 6.09 Å². The van der Waals surface area contributed by atoms with E-state index >= 15 is 0 Å². The molecule has 1 fully saturated rings. The first-order chi connectivity index (χ1) is 8.47. The Bertz CT molecular complexity index is 255. The van der Waals surface area contributed by atoms with E-state index < -0.39 is 18.9 Å². The normalized spacial score (nSPS) is 17.5. The summed E-state index contributed by atoms with van der Waals surface area (Å²) in [5.74, 6) is 0. The van der Waals surface area contributed by atoms with Gasteiger partial charge in [-0.05, 0) is 13.0 Å². The summed E-state index contributed by atoms with van der Waals surface area (Å²) in [6, 6.07) is 0. The largest absolute Gasteiger partial charge is 0.440 e. The molecule has 106 valence electrons. The predicted octanol–water partition coefficient (Wildman–Crippen LogP) is 0.570. The van der Waals surface area contributed by atoms with Gasteiger partial charge >= 0.3 is 12.3 Å². The minimum Gasteiger partial charge on any atom is -0.440 e. The van der Waals surface area contributed by atoms with E-state index in [1.165, 1.54) is 0 Å². The summed E-state index contributed by atoms with van der Waals surface area (Å²) < 4.78 is 39.2. The van der Waals surface area contributed by atoms with Crippen LogP contribution in [0.5, 0.6) is 0 Å². The molecule has 1 rings (SSSR count). The summed E-state index contributed by atoms with van der Waals surface area (Å²) in [6.45, 7) is 3.40. The van der Waals surface area contributed by atoms with Crippen LogP contribution in [0.1, 0.15) is 6.42 Å². The maximum Gasteiger partial charge on any atom is 0.422 e. The highest BCUT2D eigenvalue weighted by molar-refractivity contribution is 5.67. The van der Waals surface area contributed by atoms with Gasteiger partial charge in [0.05, 0.1) is 0 Å². The highest BCUT2D eigenvalue weighted by Crippen LogP contribution is 2.14. The first kappa shape index (κ1) is 15.0. The first-order valence-electron chi connectivity index (χ1n) is 5.88. The zero-order valence-electron chi connectivity index (χ0n) is 10.1. The number of hydrogen-bond donors (Lipinski definition) is 2. The Kier molecular flexibility index (Phi) is 6.20. The Labute approximate surface area is 104 Å². The zero-order valence-corrected chi connectivity index (χ0v) is 10.1. The fourth-order valence-electron chi connectivity index (χ4n) is 1.63. The van der Waals surface area contributed by atoms with E-state index in [2.05, 4.69) is 20.3 Å². The molecule has 1 aliphatic heterocycles. The van der Waals surface area contributed by atoms with Crippen molar-refractivity contribution < 1.29 is 22.7 Å². The number of halogens is 3. The van der Waals surface area contributed by atoms with Gasteiger partial charge in [0, 0.05) is 32.7 Å². The third-order valence-electron chi connectivity index (χ3n) is 2.50. The zero-order chi connectivity index (χ0) is 13.4. The molecule has 0 spiro atoms. The summed E-state index contributed by atoms with van der Waals surface area (Å²) in [5.41, 5.74) is 0. The molecule has 0 atom stereocenters.